The molecule has 1 aromatic heterocycles. The van der Waals surface area contributed by atoms with E-state index in [1.807, 2.05) is 18.2 Å². The first-order chi connectivity index (χ1) is 15.2. The molecule has 0 atom stereocenters. The van der Waals surface area contributed by atoms with Crippen molar-refractivity contribution >= 4 is 22.9 Å². The topological polar surface area (TPSA) is 38.1 Å². The Hall–Kier alpha value is -3.38. The van der Waals surface area contributed by atoms with Gasteiger partial charge in [0.1, 0.15) is 5.75 Å². The number of hydrogen-bond donors (Lipinski definition) is 1. The van der Waals surface area contributed by atoms with Gasteiger partial charge >= 0.3 is 0 Å². The van der Waals surface area contributed by atoms with Crippen LogP contribution >= 0.6 is 22.9 Å². The minimum absolute atomic E-state index is 0.225. The second kappa shape index (κ2) is 7.10. The Labute approximate surface area is 194 Å². The molecule has 4 heteroatoms. The second-order valence-corrected chi connectivity index (χ2v) is 8.53. The first kappa shape index (κ1) is 18.4. The van der Waals surface area contributed by atoms with Crippen molar-refractivity contribution in [2.45, 2.75) is 0 Å². The van der Waals surface area contributed by atoms with Crippen LogP contribution in [0.15, 0.2) is 97.1 Å². The first-order valence-electron chi connectivity index (χ1n) is 10.1. The van der Waals surface area contributed by atoms with Gasteiger partial charge in [0, 0.05) is 11.1 Å². The quantitative estimate of drug-likeness (QED) is 0.233. The van der Waals surface area contributed by atoms with Crippen LogP contribution < -0.4 is 0 Å². The molecule has 0 radical (unpaired) electrons. The van der Waals surface area contributed by atoms with E-state index in [1.165, 1.54) is 16.7 Å². The van der Waals surface area contributed by atoms with E-state index in [-0.39, 0.29) is 5.75 Å². The fraction of sp³-hybridized carbons (Fsp3) is 0. The Morgan fingerprint density at radius 1 is 0.548 bits per heavy atom. The molecule has 148 valence electrons. The molecule has 1 aliphatic carbocycles. The summed E-state index contributed by atoms with van der Waals surface area (Å²) in [5.41, 5.74) is 9.64. The van der Waals surface area contributed by atoms with Crippen molar-refractivity contribution < 1.29 is 5.11 Å². The Morgan fingerprint density at radius 2 is 0.968 bits per heavy atom. The smallest absolute Gasteiger partial charge is 0.153 e. The number of nitrogens with zero attached hydrogens (tertiary/aromatic N) is 2. The van der Waals surface area contributed by atoms with Crippen molar-refractivity contribution in [1.29, 1.82) is 0 Å². The summed E-state index contributed by atoms with van der Waals surface area (Å²) in [6, 6.07) is 32.8. The number of aromatic nitrogens is 2. The van der Waals surface area contributed by atoms with Crippen LogP contribution in [0.25, 0.3) is 56.2 Å². The highest BCUT2D eigenvalue weighted by Gasteiger charge is 2.27. The van der Waals surface area contributed by atoms with Crippen LogP contribution in [0.5, 0.6) is 5.75 Å². The maximum atomic E-state index is 10.5. The Morgan fingerprint density at radius 3 is 1.55 bits per heavy atom. The number of rotatable bonds is 1. The van der Waals surface area contributed by atoms with Crippen molar-refractivity contribution in [2.75, 3.05) is 0 Å². The fourth-order valence-electron chi connectivity index (χ4n) is 4.45. The molecule has 5 aromatic rings. The van der Waals surface area contributed by atoms with E-state index in [0.717, 1.165) is 39.5 Å². The predicted octanol–water partition coefficient (Wildman–Crippen LogP) is 7.44. The van der Waals surface area contributed by atoms with Crippen molar-refractivity contribution in [3.63, 3.8) is 0 Å². The van der Waals surface area contributed by atoms with Gasteiger partial charge in [0.05, 0.1) is 39.8 Å². The first-order valence-corrected chi connectivity index (χ1v) is 11.1. The zero-order valence-corrected chi connectivity index (χ0v) is 18.6. The van der Waals surface area contributed by atoms with Crippen LogP contribution in [0.4, 0.5) is 0 Å². The monoisotopic (exact) mass is 512 g/mol. The SMILES string of the molecule is Oc1ccccc1-c1nc2c(n1I)-c1ccccc1-c1ccccc1-c1ccccc1-2. The summed E-state index contributed by atoms with van der Waals surface area (Å²) in [5.74, 6) is 0.961. The number of halogens is 1. The van der Waals surface area contributed by atoms with Crippen LogP contribution in [0.1, 0.15) is 0 Å². The molecule has 0 aliphatic heterocycles. The molecule has 6 rings (SSSR count). The summed E-state index contributed by atoms with van der Waals surface area (Å²) in [6.07, 6.45) is 0. The molecule has 0 bridgehead atoms. The van der Waals surface area contributed by atoms with E-state index in [9.17, 15) is 5.11 Å². The molecule has 3 nitrogen and oxygen atoms in total. The zero-order chi connectivity index (χ0) is 20.9. The van der Waals surface area contributed by atoms with Crippen LogP contribution in [-0.4, -0.2) is 12.9 Å². The number of fused-ring (bicyclic) bond motifs is 8. The minimum atomic E-state index is 0.225. The van der Waals surface area contributed by atoms with Crippen molar-refractivity contribution in [3.05, 3.63) is 97.1 Å². The van der Waals surface area contributed by atoms with Crippen LogP contribution in [-0.2, 0) is 0 Å². The summed E-state index contributed by atoms with van der Waals surface area (Å²) in [5, 5.41) is 10.5. The number of hydrogen-bond acceptors (Lipinski definition) is 2. The summed E-state index contributed by atoms with van der Waals surface area (Å²) in [7, 11) is 0. The van der Waals surface area contributed by atoms with E-state index >= 15 is 0 Å². The normalized spacial score (nSPS) is 11.5. The maximum absolute atomic E-state index is 10.5. The van der Waals surface area contributed by atoms with Crippen LogP contribution in [0.2, 0.25) is 0 Å². The van der Waals surface area contributed by atoms with Gasteiger partial charge in [-0.3, -0.25) is 2.78 Å². The Bertz CT molecular complexity index is 1470. The molecule has 1 aliphatic rings. The van der Waals surface area contributed by atoms with Gasteiger partial charge in [0.15, 0.2) is 5.82 Å². The molecule has 0 fully saturated rings. The minimum Gasteiger partial charge on any atom is -0.507 e. The Balaban J connectivity index is 1.78. The summed E-state index contributed by atoms with van der Waals surface area (Å²) in [6.45, 7) is 0. The highest BCUT2D eigenvalue weighted by molar-refractivity contribution is 14.1. The lowest BCUT2D eigenvalue weighted by Gasteiger charge is -2.20. The lowest BCUT2D eigenvalue weighted by atomic mass is 9.85. The molecule has 4 aromatic carbocycles. The van der Waals surface area contributed by atoms with Gasteiger partial charge in [-0.15, -0.1) is 0 Å². The predicted molar refractivity (Wildman–Crippen MR) is 134 cm³/mol. The van der Waals surface area contributed by atoms with Gasteiger partial charge in [0.25, 0.3) is 0 Å². The van der Waals surface area contributed by atoms with Crippen LogP contribution in [0.3, 0.4) is 0 Å². The highest BCUT2D eigenvalue weighted by atomic mass is 127. The second-order valence-electron chi connectivity index (χ2n) is 7.57. The fourth-order valence-corrected chi connectivity index (χ4v) is 5.31. The zero-order valence-electron chi connectivity index (χ0n) is 16.5. The number of phenols is 1. The van der Waals surface area contributed by atoms with Crippen LogP contribution in [0, 0.1) is 0 Å². The largest absolute Gasteiger partial charge is 0.507 e. The lowest BCUT2D eigenvalue weighted by molar-refractivity contribution is 0.477. The molecule has 0 spiro atoms. The van der Waals surface area contributed by atoms with E-state index in [2.05, 4.69) is 98.4 Å². The van der Waals surface area contributed by atoms with Gasteiger partial charge in [-0.2, -0.15) is 0 Å². The summed E-state index contributed by atoms with van der Waals surface area (Å²) < 4.78 is 2.08. The average molecular weight is 512 g/mol. The number of benzene rings is 4. The van der Waals surface area contributed by atoms with E-state index in [1.54, 1.807) is 6.07 Å². The molecule has 0 saturated heterocycles. The number of phenolic OH excluding ortho intramolecular Hbond substituents is 1. The third-order valence-corrected chi connectivity index (χ3v) is 6.78. The highest BCUT2D eigenvalue weighted by Crippen LogP contribution is 2.49. The van der Waals surface area contributed by atoms with E-state index < -0.39 is 0 Å². The molecular formula is C27H17IN2O. The Kier molecular flexibility index (Phi) is 4.21. The van der Waals surface area contributed by atoms with Gasteiger partial charge < -0.3 is 5.11 Å². The molecular weight excluding hydrogens is 495 g/mol. The molecule has 1 N–H and O–H groups in total. The average Bonchev–Trinajstić information content (AvgIpc) is 3.15. The third-order valence-electron chi connectivity index (χ3n) is 5.84. The van der Waals surface area contributed by atoms with Gasteiger partial charge in [-0.1, -0.05) is 84.9 Å². The van der Waals surface area contributed by atoms with E-state index in [4.69, 9.17) is 4.98 Å². The van der Waals surface area contributed by atoms with Gasteiger partial charge in [-0.05, 0) is 34.4 Å². The van der Waals surface area contributed by atoms with E-state index in [0.29, 0.717) is 0 Å². The number of para-hydroxylation sites is 1. The molecule has 0 amide bonds. The standard InChI is InChI=1S/C27H17IN2O/c28-30-26-22-14-6-4-12-20(22)18-10-2-1-9-17(18)19-11-3-5-13-21(19)25(26)29-27(30)23-15-7-8-16-24(23)31/h1-16,31H. The molecule has 0 unspecified atom stereocenters. The molecule has 31 heavy (non-hydrogen) atoms. The molecule has 0 saturated carbocycles. The lowest BCUT2D eigenvalue weighted by Crippen LogP contribution is -1.97. The van der Waals surface area contributed by atoms with Crippen molar-refractivity contribution in [1.82, 2.24) is 7.76 Å². The van der Waals surface area contributed by atoms with Gasteiger partial charge in [0.2, 0.25) is 0 Å². The third kappa shape index (κ3) is 2.75. The summed E-state index contributed by atoms with van der Waals surface area (Å²) in [4.78, 5) is 5.09. The maximum Gasteiger partial charge on any atom is 0.153 e. The van der Waals surface area contributed by atoms with Gasteiger partial charge in [-0.25, -0.2) is 4.98 Å². The summed E-state index contributed by atoms with van der Waals surface area (Å²) >= 11 is 2.31. The van der Waals surface area contributed by atoms with Crippen molar-refractivity contribution in [2.24, 2.45) is 0 Å². The van der Waals surface area contributed by atoms with Crippen molar-refractivity contribution in [3.8, 4) is 61.9 Å². The molecule has 1 heterocycles. The number of imidazole rings is 1. The number of aromatic hydroxyl groups is 1.